The second kappa shape index (κ2) is 6.92. The van der Waals surface area contributed by atoms with E-state index in [0.717, 1.165) is 19.3 Å². The average Bonchev–Trinajstić information content (AvgIpc) is 2.95. The fraction of sp³-hybridized carbons (Fsp3) is 0.857. The van der Waals surface area contributed by atoms with Gasteiger partial charge in [0.05, 0.1) is 6.61 Å². The van der Waals surface area contributed by atoms with E-state index in [-0.39, 0.29) is 17.9 Å². The van der Waals surface area contributed by atoms with Gasteiger partial charge in [-0.1, -0.05) is 6.42 Å². The molecule has 2 aliphatic rings. The second-order valence-electron chi connectivity index (χ2n) is 5.54. The van der Waals surface area contributed by atoms with E-state index in [1.54, 1.807) is 11.8 Å². The van der Waals surface area contributed by atoms with E-state index in [2.05, 4.69) is 0 Å². The van der Waals surface area contributed by atoms with Crippen molar-refractivity contribution in [3.63, 3.8) is 0 Å². The molecule has 1 saturated heterocycles. The Bertz CT molecular complexity index is 354. The summed E-state index contributed by atoms with van der Waals surface area (Å²) in [7, 11) is 0. The van der Waals surface area contributed by atoms with Gasteiger partial charge in [0.25, 0.3) is 0 Å². The second-order valence-corrected chi connectivity index (χ2v) is 5.54. The van der Waals surface area contributed by atoms with Crippen LogP contribution in [-0.4, -0.2) is 61.1 Å². The summed E-state index contributed by atoms with van der Waals surface area (Å²) in [6.07, 6.45) is 2.84. The summed E-state index contributed by atoms with van der Waals surface area (Å²) < 4.78 is 4.98. The standard InChI is InChI=1S/C14H25N3O3/c1-2-20-14(19)17-8-6-16(7-9-17)13(18)12-5-3-4-11(12)10-15/h11-12H,2-10,15H2,1H3. The third-order valence-electron chi connectivity index (χ3n) is 4.40. The number of amides is 2. The number of nitrogens with zero attached hydrogens (tertiary/aromatic N) is 2. The zero-order chi connectivity index (χ0) is 14.5. The van der Waals surface area contributed by atoms with Crippen LogP contribution in [0.5, 0.6) is 0 Å². The van der Waals surface area contributed by atoms with Crippen molar-refractivity contribution in [1.29, 1.82) is 0 Å². The first-order valence-corrected chi connectivity index (χ1v) is 7.58. The minimum atomic E-state index is -0.277. The molecule has 0 aromatic heterocycles. The van der Waals surface area contributed by atoms with E-state index in [4.69, 9.17) is 10.5 Å². The maximum Gasteiger partial charge on any atom is 0.409 e. The first-order valence-electron chi connectivity index (χ1n) is 7.58. The zero-order valence-electron chi connectivity index (χ0n) is 12.2. The van der Waals surface area contributed by atoms with Gasteiger partial charge < -0.3 is 20.3 Å². The topological polar surface area (TPSA) is 75.9 Å². The Morgan fingerprint density at radius 2 is 1.80 bits per heavy atom. The summed E-state index contributed by atoms with van der Waals surface area (Å²) in [5.74, 6) is 0.654. The van der Waals surface area contributed by atoms with Gasteiger partial charge in [-0.3, -0.25) is 4.79 Å². The van der Waals surface area contributed by atoms with Crippen LogP contribution in [0.1, 0.15) is 26.2 Å². The molecule has 1 saturated carbocycles. The Balaban J connectivity index is 1.84. The monoisotopic (exact) mass is 283 g/mol. The van der Waals surface area contributed by atoms with Crippen LogP contribution >= 0.6 is 0 Å². The molecule has 1 aliphatic heterocycles. The largest absolute Gasteiger partial charge is 0.450 e. The van der Waals surface area contributed by atoms with Crippen molar-refractivity contribution in [3.8, 4) is 0 Å². The predicted molar refractivity (Wildman–Crippen MR) is 75.1 cm³/mol. The predicted octanol–water partition coefficient (Wildman–Crippen LogP) is 0.662. The smallest absolute Gasteiger partial charge is 0.409 e. The Labute approximate surface area is 120 Å². The molecule has 0 bridgehead atoms. The lowest BCUT2D eigenvalue weighted by molar-refractivity contribution is -0.138. The van der Waals surface area contributed by atoms with E-state index in [1.807, 2.05) is 4.90 Å². The Hall–Kier alpha value is -1.30. The number of carbonyl (C=O) groups is 2. The van der Waals surface area contributed by atoms with Crippen molar-refractivity contribution < 1.29 is 14.3 Å². The Kier molecular flexibility index (Phi) is 5.23. The summed E-state index contributed by atoms with van der Waals surface area (Å²) >= 11 is 0. The van der Waals surface area contributed by atoms with Crippen LogP contribution in [0.3, 0.4) is 0 Å². The highest BCUT2D eigenvalue weighted by Crippen LogP contribution is 2.32. The van der Waals surface area contributed by atoms with E-state index >= 15 is 0 Å². The van der Waals surface area contributed by atoms with Gasteiger partial charge in [0.15, 0.2) is 0 Å². The molecule has 2 atom stereocenters. The van der Waals surface area contributed by atoms with Gasteiger partial charge in [-0.25, -0.2) is 4.79 Å². The minimum Gasteiger partial charge on any atom is -0.450 e. The average molecular weight is 283 g/mol. The number of hydrogen-bond donors (Lipinski definition) is 1. The third kappa shape index (κ3) is 3.23. The fourth-order valence-corrected chi connectivity index (χ4v) is 3.20. The molecule has 2 amide bonds. The molecule has 1 aliphatic carbocycles. The van der Waals surface area contributed by atoms with Crippen LogP contribution < -0.4 is 5.73 Å². The Morgan fingerprint density at radius 1 is 1.15 bits per heavy atom. The quantitative estimate of drug-likeness (QED) is 0.825. The van der Waals surface area contributed by atoms with Crippen molar-refractivity contribution in [3.05, 3.63) is 0 Å². The lowest BCUT2D eigenvalue weighted by Gasteiger charge is -2.36. The molecule has 6 nitrogen and oxygen atoms in total. The third-order valence-corrected chi connectivity index (χ3v) is 4.40. The highest BCUT2D eigenvalue weighted by molar-refractivity contribution is 5.80. The van der Waals surface area contributed by atoms with E-state index in [9.17, 15) is 9.59 Å². The lowest BCUT2D eigenvalue weighted by Crippen LogP contribution is -2.52. The molecule has 2 N–H and O–H groups in total. The molecule has 0 radical (unpaired) electrons. The van der Waals surface area contributed by atoms with Gasteiger partial charge in [-0.05, 0) is 32.2 Å². The molecule has 1 heterocycles. The number of rotatable bonds is 3. The molecular weight excluding hydrogens is 258 g/mol. The molecule has 2 rings (SSSR count). The number of carbonyl (C=O) groups excluding carboxylic acids is 2. The number of nitrogens with two attached hydrogens (primary N) is 1. The normalized spacial score (nSPS) is 26.7. The first-order chi connectivity index (χ1) is 9.67. The highest BCUT2D eigenvalue weighted by Gasteiger charge is 2.36. The molecule has 0 aromatic carbocycles. The molecular formula is C14H25N3O3. The molecule has 0 spiro atoms. The maximum absolute atomic E-state index is 12.5. The lowest BCUT2D eigenvalue weighted by atomic mass is 9.94. The maximum atomic E-state index is 12.5. The van der Waals surface area contributed by atoms with Crippen molar-refractivity contribution in [2.45, 2.75) is 26.2 Å². The molecule has 20 heavy (non-hydrogen) atoms. The molecule has 114 valence electrons. The van der Waals surface area contributed by atoms with Crippen LogP contribution in [-0.2, 0) is 9.53 Å². The summed E-state index contributed by atoms with van der Waals surface area (Å²) in [6.45, 7) is 5.11. The summed E-state index contributed by atoms with van der Waals surface area (Å²) in [5, 5.41) is 0. The SMILES string of the molecule is CCOC(=O)N1CCN(C(=O)C2CCCC2CN)CC1. The van der Waals surface area contributed by atoms with Gasteiger partial charge in [0, 0.05) is 32.1 Å². The van der Waals surface area contributed by atoms with Crippen molar-refractivity contribution in [2.24, 2.45) is 17.6 Å². The summed E-state index contributed by atoms with van der Waals surface area (Å²) in [6, 6.07) is 0. The van der Waals surface area contributed by atoms with Crippen molar-refractivity contribution in [2.75, 3.05) is 39.3 Å². The van der Waals surface area contributed by atoms with Gasteiger partial charge in [-0.2, -0.15) is 0 Å². The van der Waals surface area contributed by atoms with E-state index in [0.29, 0.717) is 45.2 Å². The molecule has 0 aromatic rings. The van der Waals surface area contributed by atoms with Crippen LogP contribution in [0.4, 0.5) is 4.79 Å². The number of ether oxygens (including phenoxy) is 1. The summed E-state index contributed by atoms with van der Waals surface area (Å²) in [4.78, 5) is 27.7. The fourth-order valence-electron chi connectivity index (χ4n) is 3.20. The molecule has 2 unspecified atom stereocenters. The number of piperazine rings is 1. The van der Waals surface area contributed by atoms with Gasteiger partial charge in [0.1, 0.15) is 0 Å². The van der Waals surface area contributed by atoms with Crippen LogP contribution in [0.15, 0.2) is 0 Å². The van der Waals surface area contributed by atoms with E-state index < -0.39 is 0 Å². The van der Waals surface area contributed by atoms with Gasteiger partial charge >= 0.3 is 6.09 Å². The minimum absolute atomic E-state index is 0.0918. The van der Waals surface area contributed by atoms with Crippen LogP contribution in [0.2, 0.25) is 0 Å². The van der Waals surface area contributed by atoms with Gasteiger partial charge in [0.2, 0.25) is 5.91 Å². The van der Waals surface area contributed by atoms with Crippen molar-refractivity contribution in [1.82, 2.24) is 9.80 Å². The highest BCUT2D eigenvalue weighted by atomic mass is 16.6. The van der Waals surface area contributed by atoms with Crippen LogP contribution in [0, 0.1) is 11.8 Å². The molecule has 6 heteroatoms. The first kappa shape index (κ1) is 15.1. The van der Waals surface area contributed by atoms with Crippen LogP contribution in [0.25, 0.3) is 0 Å². The molecule has 2 fully saturated rings. The number of hydrogen-bond acceptors (Lipinski definition) is 4. The van der Waals surface area contributed by atoms with E-state index in [1.165, 1.54) is 0 Å². The van der Waals surface area contributed by atoms with Crippen molar-refractivity contribution >= 4 is 12.0 Å². The zero-order valence-corrected chi connectivity index (χ0v) is 12.2. The summed E-state index contributed by atoms with van der Waals surface area (Å²) in [5.41, 5.74) is 5.75. The Morgan fingerprint density at radius 3 is 2.40 bits per heavy atom. The van der Waals surface area contributed by atoms with Gasteiger partial charge in [-0.15, -0.1) is 0 Å².